The third-order valence-corrected chi connectivity index (χ3v) is 5.31. The number of nitrogens with zero attached hydrogens (tertiary/aromatic N) is 2. The van der Waals surface area contributed by atoms with Gasteiger partial charge in [0.15, 0.2) is 5.96 Å². The Morgan fingerprint density at radius 2 is 1.78 bits per heavy atom. The van der Waals surface area contributed by atoms with Crippen molar-refractivity contribution in [2.24, 2.45) is 4.99 Å². The molecule has 0 aliphatic rings. The lowest BCUT2D eigenvalue weighted by Crippen LogP contribution is -2.44. The molecule has 2 rings (SSSR count). The minimum atomic E-state index is 0. The summed E-state index contributed by atoms with van der Waals surface area (Å²) < 4.78 is 0. The Hall–Kier alpha value is -1.61. The number of hydrogen-bond donors (Lipinski definition) is 2. The molecule has 0 unspecified atom stereocenters. The number of carbonyl (C=O) groups excluding carboxylic acids is 1. The number of rotatable bonds is 8. The van der Waals surface area contributed by atoms with Crippen molar-refractivity contribution in [2.75, 3.05) is 20.1 Å². The van der Waals surface area contributed by atoms with Crippen molar-refractivity contribution in [3.63, 3.8) is 0 Å². The topological polar surface area (TPSA) is 56.7 Å². The fraction of sp³-hybridized carbons (Fsp3) is 0.400. The van der Waals surface area contributed by atoms with Gasteiger partial charge in [-0.15, -0.1) is 35.3 Å². The first-order chi connectivity index (χ1) is 12.7. The van der Waals surface area contributed by atoms with E-state index in [9.17, 15) is 4.79 Å². The molecule has 7 heteroatoms. The number of amides is 1. The van der Waals surface area contributed by atoms with Crippen LogP contribution >= 0.6 is 35.3 Å². The maximum atomic E-state index is 12.5. The summed E-state index contributed by atoms with van der Waals surface area (Å²) in [5.74, 6) is 0.698. The molecule has 0 fully saturated rings. The predicted octanol–water partition coefficient (Wildman–Crippen LogP) is 3.64. The van der Waals surface area contributed by atoms with Gasteiger partial charge in [0.25, 0.3) is 0 Å². The Morgan fingerprint density at radius 3 is 2.37 bits per heavy atom. The van der Waals surface area contributed by atoms with Crippen LogP contribution in [0.1, 0.15) is 29.2 Å². The van der Waals surface area contributed by atoms with Crippen molar-refractivity contribution >= 4 is 47.2 Å². The van der Waals surface area contributed by atoms with Crippen LogP contribution in [0.5, 0.6) is 0 Å². The molecule has 2 N–H and O–H groups in total. The van der Waals surface area contributed by atoms with Gasteiger partial charge in [0.2, 0.25) is 5.91 Å². The normalized spacial score (nSPS) is 10.9. The zero-order valence-electron chi connectivity index (χ0n) is 16.2. The molecule has 2 aromatic rings. The minimum absolute atomic E-state index is 0. The molecular formula is C20H29IN4OS. The molecule has 1 heterocycles. The summed E-state index contributed by atoms with van der Waals surface area (Å²) in [4.78, 5) is 21.2. The van der Waals surface area contributed by atoms with E-state index in [-0.39, 0.29) is 36.4 Å². The van der Waals surface area contributed by atoms with Gasteiger partial charge < -0.3 is 15.5 Å². The van der Waals surface area contributed by atoms with Gasteiger partial charge in [-0.25, -0.2) is 0 Å². The second kappa shape index (κ2) is 12.7. The molecule has 0 aliphatic carbocycles. The van der Waals surface area contributed by atoms with Crippen LogP contribution in [0.15, 0.2) is 47.5 Å². The molecule has 0 spiro atoms. The number of carbonyl (C=O) groups is 1. The summed E-state index contributed by atoms with van der Waals surface area (Å²) in [5, 5.41) is 6.38. The maximum absolute atomic E-state index is 12.5. The number of likely N-dealkylation sites (N-methyl/N-ethyl adjacent to an activating group) is 1. The van der Waals surface area contributed by atoms with Crippen molar-refractivity contribution < 1.29 is 4.79 Å². The molecule has 0 saturated heterocycles. The third kappa shape index (κ3) is 7.88. The fourth-order valence-corrected chi connectivity index (χ4v) is 3.45. The number of halogens is 1. The van der Waals surface area contributed by atoms with E-state index in [1.54, 1.807) is 18.4 Å². The summed E-state index contributed by atoms with van der Waals surface area (Å²) in [6.45, 7) is 6.39. The van der Waals surface area contributed by atoms with Gasteiger partial charge >= 0.3 is 0 Å². The van der Waals surface area contributed by atoms with Crippen LogP contribution < -0.4 is 10.6 Å². The Morgan fingerprint density at radius 1 is 1.07 bits per heavy atom. The molecule has 0 bridgehead atoms. The summed E-state index contributed by atoms with van der Waals surface area (Å²) in [7, 11) is 1.72. The van der Waals surface area contributed by atoms with Crippen LogP contribution in [-0.4, -0.2) is 36.9 Å². The summed E-state index contributed by atoms with van der Waals surface area (Å²) >= 11 is 1.80. The van der Waals surface area contributed by atoms with Gasteiger partial charge in [-0.3, -0.25) is 9.79 Å². The average Bonchev–Trinajstić information content (AvgIpc) is 3.15. The second-order valence-corrected chi connectivity index (χ2v) is 7.15. The molecule has 5 nitrogen and oxygen atoms in total. The van der Waals surface area contributed by atoms with Crippen LogP contribution in [-0.2, 0) is 24.3 Å². The highest BCUT2D eigenvalue weighted by molar-refractivity contribution is 14.0. The first-order valence-corrected chi connectivity index (χ1v) is 9.81. The number of aliphatic imine (C=N–C) groups is 1. The van der Waals surface area contributed by atoms with Crippen LogP contribution in [0.3, 0.4) is 0 Å². The molecule has 0 radical (unpaired) electrons. The lowest BCUT2D eigenvalue weighted by molar-refractivity contribution is -0.130. The minimum Gasteiger partial charge on any atom is -0.352 e. The van der Waals surface area contributed by atoms with Crippen LogP contribution in [0.4, 0.5) is 0 Å². The number of hydrogen-bond acceptors (Lipinski definition) is 3. The molecule has 1 amide bonds. The molecule has 148 valence electrons. The second-order valence-electron chi connectivity index (χ2n) is 5.89. The number of aryl methyl sites for hydroxylation is 1. The number of guanidine groups is 1. The third-order valence-electron chi connectivity index (χ3n) is 4.08. The predicted molar refractivity (Wildman–Crippen MR) is 125 cm³/mol. The van der Waals surface area contributed by atoms with E-state index in [0.717, 1.165) is 12.0 Å². The first-order valence-electron chi connectivity index (χ1n) is 9.00. The SMILES string of the molecule is CCc1ccc(CNC(=NC)NCC(=O)N(CC)Cc2ccccc2)s1.I. The van der Waals surface area contributed by atoms with Crippen molar-refractivity contribution in [3.8, 4) is 0 Å². The lowest BCUT2D eigenvalue weighted by Gasteiger charge is -2.22. The van der Waals surface area contributed by atoms with Crippen molar-refractivity contribution in [3.05, 3.63) is 57.8 Å². The van der Waals surface area contributed by atoms with Crippen molar-refractivity contribution in [2.45, 2.75) is 33.4 Å². The summed E-state index contributed by atoms with van der Waals surface area (Å²) in [6, 6.07) is 14.3. The highest BCUT2D eigenvalue weighted by Crippen LogP contribution is 2.16. The van der Waals surface area contributed by atoms with Crippen molar-refractivity contribution in [1.29, 1.82) is 0 Å². The molecule has 0 atom stereocenters. The molecule has 1 aromatic heterocycles. The van der Waals surface area contributed by atoms with Gasteiger partial charge in [-0.1, -0.05) is 37.3 Å². The van der Waals surface area contributed by atoms with Crippen LogP contribution in [0.25, 0.3) is 0 Å². The molecular weight excluding hydrogens is 471 g/mol. The van der Waals surface area contributed by atoms with E-state index in [2.05, 4.69) is 34.7 Å². The first kappa shape index (κ1) is 23.4. The number of thiophene rings is 1. The Labute approximate surface area is 183 Å². The smallest absolute Gasteiger partial charge is 0.242 e. The maximum Gasteiger partial charge on any atom is 0.242 e. The lowest BCUT2D eigenvalue weighted by atomic mass is 10.2. The highest BCUT2D eigenvalue weighted by atomic mass is 127. The Kier molecular flexibility index (Phi) is 11.0. The highest BCUT2D eigenvalue weighted by Gasteiger charge is 2.12. The van der Waals surface area contributed by atoms with Gasteiger partial charge in [0.05, 0.1) is 13.1 Å². The van der Waals surface area contributed by atoms with Crippen LogP contribution in [0.2, 0.25) is 0 Å². The molecule has 0 saturated carbocycles. The fourth-order valence-electron chi connectivity index (χ4n) is 2.55. The van der Waals surface area contributed by atoms with Gasteiger partial charge in [-0.05, 0) is 31.0 Å². The standard InChI is InChI=1S/C20H28N4OS.HI/c1-4-17-11-12-18(26-17)13-22-20(21-3)23-14-19(25)24(5-2)15-16-9-7-6-8-10-16;/h6-12H,4-5,13-15H2,1-3H3,(H2,21,22,23);1H. The summed E-state index contributed by atoms with van der Waals surface area (Å²) in [6.07, 6.45) is 1.06. The average molecular weight is 500 g/mol. The zero-order valence-corrected chi connectivity index (χ0v) is 19.3. The van der Waals surface area contributed by atoms with E-state index in [4.69, 9.17) is 0 Å². The molecule has 0 aliphatic heterocycles. The molecule has 1 aromatic carbocycles. The van der Waals surface area contributed by atoms with Crippen molar-refractivity contribution in [1.82, 2.24) is 15.5 Å². The summed E-state index contributed by atoms with van der Waals surface area (Å²) in [5.41, 5.74) is 1.13. The van der Waals surface area contributed by atoms with Crippen LogP contribution in [0, 0.1) is 0 Å². The molecule has 27 heavy (non-hydrogen) atoms. The quantitative estimate of drug-likeness (QED) is 0.331. The monoisotopic (exact) mass is 500 g/mol. The van der Waals surface area contributed by atoms with E-state index in [1.807, 2.05) is 42.2 Å². The van der Waals surface area contributed by atoms with Gasteiger partial charge in [0.1, 0.15) is 0 Å². The Bertz CT molecular complexity index is 718. The van der Waals surface area contributed by atoms with E-state index in [1.165, 1.54) is 9.75 Å². The number of nitrogens with one attached hydrogen (secondary N) is 2. The van der Waals surface area contributed by atoms with E-state index < -0.39 is 0 Å². The Balaban J connectivity index is 0.00000364. The van der Waals surface area contributed by atoms with Gasteiger partial charge in [0, 0.05) is 29.9 Å². The largest absolute Gasteiger partial charge is 0.352 e. The van der Waals surface area contributed by atoms with Gasteiger partial charge in [-0.2, -0.15) is 0 Å². The zero-order chi connectivity index (χ0) is 18.8. The van der Waals surface area contributed by atoms with E-state index >= 15 is 0 Å². The van der Waals surface area contributed by atoms with E-state index in [0.29, 0.717) is 25.6 Å². The number of benzene rings is 1.